The van der Waals surface area contributed by atoms with Gasteiger partial charge in [-0.25, -0.2) is 0 Å². The van der Waals surface area contributed by atoms with E-state index in [2.05, 4.69) is 23.3 Å². The van der Waals surface area contributed by atoms with Crippen LogP contribution in [0, 0.1) is 11.8 Å². The van der Waals surface area contributed by atoms with Crippen LogP contribution >= 0.6 is 0 Å². The van der Waals surface area contributed by atoms with Gasteiger partial charge in [-0.3, -0.25) is 9.69 Å². The van der Waals surface area contributed by atoms with Crippen molar-refractivity contribution in [2.24, 2.45) is 0 Å². The Morgan fingerprint density at radius 3 is 2.72 bits per heavy atom. The van der Waals surface area contributed by atoms with Gasteiger partial charge in [0.15, 0.2) is 5.60 Å². The largest absolute Gasteiger partial charge is 0.446 e. The maximum atomic E-state index is 11.1. The molecule has 0 radical (unpaired) electrons. The number of allylic oxidation sites excluding steroid dienone is 1. The zero-order chi connectivity index (χ0) is 13.4. The Bertz CT molecular complexity index is 347. The Labute approximate surface area is 110 Å². The number of ether oxygens (including phenoxy) is 1. The van der Waals surface area contributed by atoms with E-state index < -0.39 is 5.60 Å². The highest BCUT2D eigenvalue weighted by Gasteiger charge is 2.24. The third-order valence-corrected chi connectivity index (χ3v) is 3.05. The fourth-order valence-corrected chi connectivity index (χ4v) is 2.11. The molecule has 0 bridgehead atoms. The molecule has 0 N–H and O–H groups in total. The molecule has 0 aromatic heterocycles. The molecule has 1 rings (SSSR count). The predicted molar refractivity (Wildman–Crippen MR) is 73.1 cm³/mol. The lowest BCUT2D eigenvalue weighted by molar-refractivity contribution is -0.150. The van der Waals surface area contributed by atoms with E-state index in [-0.39, 0.29) is 5.97 Å². The standard InChI is InChI=1S/C15H23NO2/c1-4-5-9-15(3,18-14(2)17)10-8-13-16-11-6-7-12-16/h4H,1,5-7,9,11-13H2,2-3H3. The van der Waals surface area contributed by atoms with Crippen molar-refractivity contribution >= 4 is 5.97 Å². The maximum absolute atomic E-state index is 11.1. The molecule has 1 aliphatic rings. The Balaban J connectivity index is 2.55. The number of esters is 1. The molecule has 1 fully saturated rings. The van der Waals surface area contributed by atoms with Crippen molar-refractivity contribution < 1.29 is 9.53 Å². The fourth-order valence-electron chi connectivity index (χ4n) is 2.11. The molecule has 18 heavy (non-hydrogen) atoms. The predicted octanol–water partition coefficient (Wildman–Crippen LogP) is 2.37. The lowest BCUT2D eigenvalue weighted by atomic mass is 10.0. The molecule has 1 aliphatic heterocycles. The Morgan fingerprint density at radius 2 is 2.17 bits per heavy atom. The van der Waals surface area contributed by atoms with Crippen LogP contribution in [0.25, 0.3) is 0 Å². The van der Waals surface area contributed by atoms with Crippen LogP contribution in [0.15, 0.2) is 12.7 Å². The molecule has 100 valence electrons. The molecule has 1 saturated heterocycles. The van der Waals surface area contributed by atoms with Crippen LogP contribution in [0.5, 0.6) is 0 Å². The molecule has 0 saturated carbocycles. The lowest BCUT2D eigenvalue weighted by Crippen LogP contribution is -2.29. The molecular weight excluding hydrogens is 226 g/mol. The van der Waals surface area contributed by atoms with Gasteiger partial charge in [0.1, 0.15) is 0 Å². The van der Waals surface area contributed by atoms with Crippen LogP contribution in [-0.2, 0) is 9.53 Å². The number of nitrogens with zero attached hydrogens (tertiary/aromatic N) is 1. The van der Waals surface area contributed by atoms with Crippen LogP contribution in [-0.4, -0.2) is 36.1 Å². The minimum atomic E-state index is -0.681. The number of carbonyl (C=O) groups is 1. The average molecular weight is 249 g/mol. The molecule has 1 unspecified atom stereocenters. The molecule has 3 heteroatoms. The Morgan fingerprint density at radius 1 is 1.50 bits per heavy atom. The van der Waals surface area contributed by atoms with Crippen LogP contribution in [0.2, 0.25) is 0 Å². The first-order valence-corrected chi connectivity index (χ1v) is 6.58. The highest BCUT2D eigenvalue weighted by molar-refractivity contribution is 5.67. The van der Waals surface area contributed by atoms with E-state index in [9.17, 15) is 4.79 Å². The Hall–Kier alpha value is -1.27. The van der Waals surface area contributed by atoms with Gasteiger partial charge in [-0.2, -0.15) is 0 Å². The summed E-state index contributed by atoms with van der Waals surface area (Å²) in [7, 11) is 0. The summed E-state index contributed by atoms with van der Waals surface area (Å²) in [6, 6.07) is 0. The second kappa shape index (κ2) is 7.23. The van der Waals surface area contributed by atoms with Crippen LogP contribution in [0.3, 0.4) is 0 Å². The van der Waals surface area contributed by atoms with E-state index in [1.54, 1.807) is 0 Å². The smallest absolute Gasteiger partial charge is 0.304 e. The van der Waals surface area contributed by atoms with E-state index in [0.717, 1.165) is 26.1 Å². The van der Waals surface area contributed by atoms with E-state index in [0.29, 0.717) is 6.42 Å². The van der Waals surface area contributed by atoms with E-state index in [1.807, 2.05) is 13.0 Å². The van der Waals surface area contributed by atoms with Crippen LogP contribution in [0.1, 0.15) is 39.5 Å². The summed E-state index contributed by atoms with van der Waals surface area (Å²) >= 11 is 0. The topological polar surface area (TPSA) is 29.5 Å². The minimum absolute atomic E-state index is 0.281. The summed E-state index contributed by atoms with van der Waals surface area (Å²) in [6.45, 7) is 10.0. The Kier molecular flexibility index (Phi) is 5.94. The minimum Gasteiger partial charge on any atom is -0.446 e. The number of hydrogen-bond donors (Lipinski definition) is 0. The molecule has 0 aromatic carbocycles. The summed E-state index contributed by atoms with van der Waals surface area (Å²) in [5.41, 5.74) is -0.681. The lowest BCUT2D eigenvalue weighted by Gasteiger charge is -2.23. The van der Waals surface area contributed by atoms with Gasteiger partial charge in [-0.1, -0.05) is 17.9 Å². The first-order chi connectivity index (χ1) is 8.56. The molecule has 0 amide bonds. The number of likely N-dealkylation sites (tertiary alicyclic amines) is 1. The molecule has 3 nitrogen and oxygen atoms in total. The molecule has 1 heterocycles. The normalized spacial score (nSPS) is 18.6. The summed E-state index contributed by atoms with van der Waals surface area (Å²) in [5.74, 6) is 5.97. The van der Waals surface area contributed by atoms with Gasteiger partial charge in [-0.05, 0) is 39.3 Å². The first kappa shape index (κ1) is 14.8. The highest BCUT2D eigenvalue weighted by atomic mass is 16.6. The van der Waals surface area contributed by atoms with Crippen molar-refractivity contribution in [2.75, 3.05) is 19.6 Å². The molecule has 0 aliphatic carbocycles. The van der Waals surface area contributed by atoms with Gasteiger partial charge in [-0.15, -0.1) is 6.58 Å². The van der Waals surface area contributed by atoms with Crippen molar-refractivity contribution in [3.05, 3.63) is 12.7 Å². The molecule has 0 spiro atoms. The first-order valence-electron chi connectivity index (χ1n) is 6.58. The average Bonchev–Trinajstić information content (AvgIpc) is 2.78. The van der Waals surface area contributed by atoms with E-state index >= 15 is 0 Å². The van der Waals surface area contributed by atoms with Crippen molar-refractivity contribution in [3.8, 4) is 11.8 Å². The summed E-state index contributed by atoms with van der Waals surface area (Å²) in [4.78, 5) is 13.4. The van der Waals surface area contributed by atoms with Crippen molar-refractivity contribution in [1.29, 1.82) is 0 Å². The van der Waals surface area contributed by atoms with Gasteiger partial charge in [0, 0.05) is 13.3 Å². The third kappa shape index (κ3) is 5.37. The molecular formula is C15H23NO2. The summed E-state index contributed by atoms with van der Waals surface area (Å²) < 4.78 is 5.33. The molecule has 1 atom stereocenters. The third-order valence-electron chi connectivity index (χ3n) is 3.05. The van der Waals surface area contributed by atoms with Gasteiger partial charge >= 0.3 is 5.97 Å². The SMILES string of the molecule is C=CCCC(C)(C#CCN1CCCC1)OC(C)=O. The maximum Gasteiger partial charge on any atom is 0.304 e. The fraction of sp³-hybridized carbons (Fsp3) is 0.667. The zero-order valence-electron chi connectivity index (χ0n) is 11.5. The molecule has 0 aromatic rings. The van der Waals surface area contributed by atoms with E-state index in [4.69, 9.17) is 4.74 Å². The van der Waals surface area contributed by atoms with Crippen molar-refractivity contribution in [3.63, 3.8) is 0 Å². The van der Waals surface area contributed by atoms with E-state index in [1.165, 1.54) is 19.8 Å². The summed E-state index contributed by atoms with van der Waals surface area (Å²) in [5, 5.41) is 0. The van der Waals surface area contributed by atoms with Gasteiger partial charge in [0.2, 0.25) is 0 Å². The van der Waals surface area contributed by atoms with Crippen LogP contribution < -0.4 is 0 Å². The highest BCUT2D eigenvalue weighted by Crippen LogP contribution is 2.17. The second-order valence-corrected chi connectivity index (χ2v) is 4.94. The van der Waals surface area contributed by atoms with Crippen molar-refractivity contribution in [1.82, 2.24) is 4.90 Å². The monoisotopic (exact) mass is 249 g/mol. The zero-order valence-corrected chi connectivity index (χ0v) is 11.5. The van der Waals surface area contributed by atoms with Gasteiger partial charge in [0.05, 0.1) is 6.54 Å². The summed E-state index contributed by atoms with van der Waals surface area (Å²) in [6.07, 6.45) is 5.84. The quantitative estimate of drug-likeness (QED) is 0.425. The number of hydrogen-bond acceptors (Lipinski definition) is 3. The number of carbonyl (C=O) groups excluding carboxylic acids is 1. The second-order valence-electron chi connectivity index (χ2n) is 4.94. The van der Waals surface area contributed by atoms with Crippen LogP contribution in [0.4, 0.5) is 0 Å². The number of rotatable bonds is 5. The van der Waals surface area contributed by atoms with Gasteiger partial charge in [0.25, 0.3) is 0 Å². The van der Waals surface area contributed by atoms with Gasteiger partial charge < -0.3 is 4.74 Å². The van der Waals surface area contributed by atoms with Crippen molar-refractivity contribution in [2.45, 2.75) is 45.1 Å².